The van der Waals surface area contributed by atoms with Crippen LogP contribution in [0.4, 0.5) is 14.5 Å². The molecule has 1 amide bonds. The van der Waals surface area contributed by atoms with Crippen molar-refractivity contribution in [1.29, 1.82) is 0 Å². The quantitative estimate of drug-likeness (QED) is 0.884. The van der Waals surface area contributed by atoms with Crippen molar-refractivity contribution >= 4 is 23.2 Å². The van der Waals surface area contributed by atoms with Crippen molar-refractivity contribution in [3.05, 3.63) is 59.1 Å². The van der Waals surface area contributed by atoms with Crippen LogP contribution < -0.4 is 10.1 Å². The summed E-state index contributed by atoms with van der Waals surface area (Å²) in [6.45, 7) is 1.75. The Morgan fingerprint density at radius 1 is 1.27 bits per heavy atom. The number of carbonyl (C=O) groups is 1. The largest absolute Gasteiger partial charge is 0.479 e. The predicted octanol–water partition coefficient (Wildman–Crippen LogP) is 4.41. The van der Waals surface area contributed by atoms with E-state index >= 15 is 0 Å². The first kappa shape index (κ1) is 16.2. The molecule has 0 aliphatic heterocycles. The van der Waals surface area contributed by atoms with Gasteiger partial charge in [0.15, 0.2) is 6.10 Å². The second-order valence-corrected chi connectivity index (χ2v) is 4.97. The van der Waals surface area contributed by atoms with E-state index in [1.165, 1.54) is 0 Å². The SMILES string of the molecule is CCC(Oc1ccccc1Cl)C(=O)Nc1ccc(F)cc1F. The number of benzene rings is 2. The van der Waals surface area contributed by atoms with E-state index in [9.17, 15) is 13.6 Å². The molecule has 2 rings (SSSR count). The molecule has 0 heterocycles. The molecule has 116 valence electrons. The molecule has 3 nitrogen and oxygen atoms in total. The Morgan fingerprint density at radius 2 is 2.00 bits per heavy atom. The molecule has 6 heteroatoms. The minimum Gasteiger partial charge on any atom is -0.479 e. The van der Waals surface area contributed by atoms with Crippen LogP contribution in [0.3, 0.4) is 0 Å². The van der Waals surface area contributed by atoms with Gasteiger partial charge in [0, 0.05) is 6.07 Å². The van der Waals surface area contributed by atoms with Crippen LogP contribution in [0.15, 0.2) is 42.5 Å². The molecule has 1 unspecified atom stereocenters. The highest BCUT2D eigenvalue weighted by atomic mass is 35.5. The number of hydrogen-bond donors (Lipinski definition) is 1. The van der Waals surface area contributed by atoms with Crippen molar-refractivity contribution in [2.45, 2.75) is 19.4 Å². The standard InChI is InChI=1S/C16H14ClF2NO2/c1-2-14(22-15-6-4-3-5-11(15)17)16(21)20-13-8-7-10(18)9-12(13)19/h3-9,14H,2H2,1H3,(H,20,21). The molecule has 2 aromatic rings. The Kier molecular flexibility index (Phi) is 5.33. The highest BCUT2D eigenvalue weighted by Gasteiger charge is 2.20. The number of amides is 1. The van der Waals surface area contributed by atoms with Crippen LogP contribution in [-0.4, -0.2) is 12.0 Å². The van der Waals surface area contributed by atoms with Gasteiger partial charge in [-0.15, -0.1) is 0 Å². The summed E-state index contributed by atoms with van der Waals surface area (Å²) in [6.07, 6.45) is -0.482. The molecule has 1 atom stereocenters. The Balaban J connectivity index is 2.10. The van der Waals surface area contributed by atoms with E-state index in [1.807, 2.05) is 0 Å². The fraction of sp³-hybridized carbons (Fsp3) is 0.188. The predicted molar refractivity (Wildman–Crippen MR) is 81.1 cm³/mol. The van der Waals surface area contributed by atoms with Gasteiger partial charge >= 0.3 is 0 Å². The number of ether oxygens (including phenoxy) is 1. The molecule has 2 aromatic carbocycles. The van der Waals surface area contributed by atoms with Crippen LogP contribution in [0.5, 0.6) is 5.75 Å². The number of halogens is 3. The number of rotatable bonds is 5. The topological polar surface area (TPSA) is 38.3 Å². The van der Waals surface area contributed by atoms with Crippen molar-refractivity contribution in [3.63, 3.8) is 0 Å². The van der Waals surface area contributed by atoms with Crippen molar-refractivity contribution in [2.75, 3.05) is 5.32 Å². The third-order valence-corrected chi connectivity index (χ3v) is 3.27. The van der Waals surface area contributed by atoms with E-state index in [0.717, 1.165) is 12.1 Å². The number of anilines is 1. The second kappa shape index (κ2) is 7.22. The van der Waals surface area contributed by atoms with Gasteiger partial charge in [-0.2, -0.15) is 0 Å². The molecule has 0 aliphatic rings. The van der Waals surface area contributed by atoms with Gasteiger partial charge in [0.2, 0.25) is 0 Å². The fourth-order valence-electron chi connectivity index (χ4n) is 1.82. The second-order valence-electron chi connectivity index (χ2n) is 4.56. The van der Waals surface area contributed by atoms with E-state index in [4.69, 9.17) is 16.3 Å². The lowest BCUT2D eigenvalue weighted by Gasteiger charge is -2.18. The van der Waals surface area contributed by atoms with Crippen LogP contribution in [0.2, 0.25) is 5.02 Å². The van der Waals surface area contributed by atoms with Gasteiger partial charge in [-0.25, -0.2) is 8.78 Å². The van der Waals surface area contributed by atoms with Crippen molar-refractivity contribution < 1.29 is 18.3 Å². The Labute approximate surface area is 131 Å². The summed E-state index contributed by atoms with van der Waals surface area (Å²) in [5, 5.41) is 2.76. The third kappa shape index (κ3) is 3.95. The summed E-state index contributed by atoms with van der Waals surface area (Å²) in [5.74, 6) is -1.73. The average molecular weight is 326 g/mol. The van der Waals surface area contributed by atoms with Crippen LogP contribution in [0.25, 0.3) is 0 Å². The van der Waals surface area contributed by atoms with Gasteiger partial charge in [0.25, 0.3) is 5.91 Å². The summed E-state index contributed by atoms with van der Waals surface area (Å²) < 4.78 is 32.0. The summed E-state index contributed by atoms with van der Waals surface area (Å²) in [6, 6.07) is 9.67. The Morgan fingerprint density at radius 3 is 2.64 bits per heavy atom. The molecule has 0 aromatic heterocycles. The summed E-state index contributed by atoms with van der Waals surface area (Å²) >= 11 is 5.97. The fourth-order valence-corrected chi connectivity index (χ4v) is 2.00. The number of para-hydroxylation sites is 1. The maximum Gasteiger partial charge on any atom is 0.265 e. The first-order valence-corrected chi connectivity index (χ1v) is 7.06. The molecule has 0 saturated carbocycles. The molecule has 1 N–H and O–H groups in total. The Bertz CT molecular complexity index is 679. The zero-order chi connectivity index (χ0) is 16.1. The van der Waals surface area contributed by atoms with E-state index < -0.39 is 23.6 Å². The molecule has 0 aliphatic carbocycles. The van der Waals surface area contributed by atoms with Gasteiger partial charge in [0.05, 0.1) is 10.7 Å². The summed E-state index contributed by atoms with van der Waals surface area (Å²) in [4.78, 5) is 12.2. The molecule has 0 spiro atoms. The average Bonchev–Trinajstić information content (AvgIpc) is 2.49. The lowest BCUT2D eigenvalue weighted by molar-refractivity contribution is -0.122. The van der Waals surface area contributed by atoms with Crippen LogP contribution in [0.1, 0.15) is 13.3 Å². The lowest BCUT2D eigenvalue weighted by atomic mass is 10.2. The van der Waals surface area contributed by atoms with Crippen molar-refractivity contribution in [2.24, 2.45) is 0 Å². The smallest absolute Gasteiger partial charge is 0.265 e. The summed E-state index contributed by atoms with van der Waals surface area (Å²) in [7, 11) is 0. The minimum atomic E-state index is -0.846. The lowest BCUT2D eigenvalue weighted by Crippen LogP contribution is -2.32. The van der Waals surface area contributed by atoms with Crippen molar-refractivity contribution in [1.82, 2.24) is 0 Å². The number of carbonyl (C=O) groups excluding carboxylic acids is 1. The molecule has 22 heavy (non-hydrogen) atoms. The first-order chi connectivity index (χ1) is 10.5. The van der Waals surface area contributed by atoms with Crippen LogP contribution >= 0.6 is 11.6 Å². The monoisotopic (exact) mass is 325 g/mol. The van der Waals surface area contributed by atoms with E-state index in [1.54, 1.807) is 31.2 Å². The molecular weight excluding hydrogens is 312 g/mol. The van der Waals surface area contributed by atoms with Gasteiger partial charge in [-0.3, -0.25) is 4.79 Å². The molecule has 0 radical (unpaired) electrons. The third-order valence-electron chi connectivity index (χ3n) is 2.96. The van der Waals surface area contributed by atoms with Crippen molar-refractivity contribution in [3.8, 4) is 5.75 Å². The van der Waals surface area contributed by atoms with E-state index in [-0.39, 0.29) is 5.69 Å². The van der Waals surface area contributed by atoms with Gasteiger partial charge < -0.3 is 10.1 Å². The summed E-state index contributed by atoms with van der Waals surface area (Å²) in [5.41, 5.74) is -0.104. The number of hydrogen-bond acceptors (Lipinski definition) is 2. The van der Waals surface area contributed by atoms with E-state index in [0.29, 0.717) is 23.3 Å². The molecule has 0 fully saturated rings. The highest BCUT2D eigenvalue weighted by Crippen LogP contribution is 2.25. The maximum atomic E-state index is 13.6. The van der Waals surface area contributed by atoms with Crippen LogP contribution in [0, 0.1) is 11.6 Å². The number of nitrogens with one attached hydrogen (secondary N) is 1. The zero-order valence-electron chi connectivity index (χ0n) is 11.8. The first-order valence-electron chi connectivity index (χ1n) is 6.68. The zero-order valence-corrected chi connectivity index (χ0v) is 12.5. The van der Waals surface area contributed by atoms with E-state index in [2.05, 4.69) is 5.32 Å². The normalized spacial score (nSPS) is 11.8. The maximum absolute atomic E-state index is 13.6. The Hall–Kier alpha value is -2.14. The minimum absolute atomic E-state index is 0.104. The highest BCUT2D eigenvalue weighted by molar-refractivity contribution is 6.32. The van der Waals surface area contributed by atoms with Gasteiger partial charge in [-0.05, 0) is 30.7 Å². The molecular formula is C16H14ClF2NO2. The molecule has 0 bridgehead atoms. The van der Waals surface area contributed by atoms with Crippen LogP contribution in [-0.2, 0) is 4.79 Å². The van der Waals surface area contributed by atoms with Gasteiger partial charge in [0.1, 0.15) is 17.4 Å². The molecule has 0 saturated heterocycles. The van der Waals surface area contributed by atoms with Gasteiger partial charge in [-0.1, -0.05) is 30.7 Å².